The molecule has 3 nitrogen and oxygen atoms in total. The Balaban J connectivity index is 0.000000468. The quantitative estimate of drug-likeness (QED) is 0.384. The summed E-state index contributed by atoms with van der Waals surface area (Å²) < 4.78 is 5.37. The van der Waals surface area contributed by atoms with Crippen LogP contribution >= 0.6 is 11.3 Å². The number of ether oxygens (including phenoxy) is 1. The number of methoxy groups -OCH3 is 1. The Bertz CT molecular complexity index is 600. The Labute approximate surface area is 199 Å². The average Bonchev–Trinajstić information content (AvgIpc) is 3.54. The molecule has 5 heteroatoms. The first-order chi connectivity index (χ1) is 14.3. The number of hydrogen-bond donors (Lipinski definition) is 0. The number of unbranched alkanes of at least 4 members (excludes halogenated alkanes) is 1. The number of aryl methyl sites for hydroxylation is 1. The molecule has 10 radical (unpaired) electrons. The maximum atomic E-state index is 5.37. The largest absolute Gasteiger partial charge is 2.00 e. The molecule has 1 atom stereocenters. The van der Waals surface area contributed by atoms with Crippen LogP contribution in [0.3, 0.4) is 0 Å². The van der Waals surface area contributed by atoms with E-state index in [0.29, 0.717) is 6.04 Å². The molecule has 0 bridgehead atoms. The summed E-state index contributed by atoms with van der Waals surface area (Å²) in [5.74, 6) is 1.21. The van der Waals surface area contributed by atoms with Crippen molar-refractivity contribution in [2.24, 2.45) is 5.10 Å². The predicted octanol–water partition coefficient (Wildman–Crippen LogP) is 5.33. The van der Waals surface area contributed by atoms with Crippen LogP contribution in [0.15, 0.2) is 17.2 Å². The van der Waals surface area contributed by atoms with E-state index in [0.717, 1.165) is 25.3 Å². The van der Waals surface area contributed by atoms with E-state index in [1.807, 2.05) is 43.4 Å². The van der Waals surface area contributed by atoms with Crippen molar-refractivity contribution in [2.45, 2.75) is 45.1 Å². The first-order valence-electron chi connectivity index (χ1n) is 10.6. The van der Waals surface area contributed by atoms with Crippen molar-refractivity contribution >= 4 is 17.0 Å². The molecule has 2 aliphatic carbocycles. The van der Waals surface area contributed by atoms with Gasteiger partial charge in [0.05, 0.1) is 23.2 Å². The van der Waals surface area contributed by atoms with Gasteiger partial charge < -0.3 is 4.74 Å². The van der Waals surface area contributed by atoms with E-state index in [-0.39, 0.29) is 17.1 Å². The Kier molecular flexibility index (Phi) is 12.7. The van der Waals surface area contributed by atoms with Gasteiger partial charge >= 0.3 is 17.1 Å². The molecule has 0 N–H and O–H groups in total. The molecule has 0 aromatic carbocycles. The van der Waals surface area contributed by atoms with Crippen LogP contribution in [0, 0.1) is 63.7 Å². The number of thiophene rings is 1. The number of hydrogen-bond acceptors (Lipinski definition) is 4. The summed E-state index contributed by atoms with van der Waals surface area (Å²) in [4.78, 5) is 2.73. The second-order valence-electron chi connectivity index (χ2n) is 7.37. The molecule has 1 aliphatic heterocycles. The molecule has 0 amide bonds. The van der Waals surface area contributed by atoms with E-state index in [4.69, 9.17) is 9.84 Å². The molecule has 3 fully saturated rings. The van der Waals surface area contributed by atoms with E-state index < -0.39 is 0 Å². The fraction of sp³-hybridized carbons (Fsp3) is 0.400. The van der Waals surface area contributed by atoms with Gasteiger partial charge in [0.25, 0.3) is 0 Å². The van der Waals surface area contributed by atoms with E-state index in [2.05, 4.69) is 49.7 Å². The molecule has 160 valence electrons. The third-order valence-electron chi connectivity index (χ3n) is 5.10. The standard InChI is InChI=1S/C20H27N2OS.C5H5.Fe/c1-3-4-11-18-12-13-19(24-18)20(16-8-5-6-9-16)21-22-14-7-10-17(22)15-23-2;1-2-4-5-3-1;/h5-6,8-9,12-13,17H,3-4,7,10-11,14-15H2,1-2H3;1-5H;/q;;+2/b21-20+;;/t17-;;/m0../s1. The van der Waals surface area contributed by atoms with Crippen LogP contribution in [0.4, 0.5) is 0 Å². The van der Waals surface area contributed by atoms with Gasteiger partial charge in [0.15, 0.2) is 0 Å². The van der Waals surface area contributed by atoms with Crippen LogP contribution in [0.25, 0.3) is 0 Å². The second kappa shape index (κ2) is 14.7. The zero-order valence-corrected chi connectivity index (χ0v) is 19.9. The van der Waals surface area contributed by atoms with Crippen LogP contribution < -0.4 is 0 Å². The summed E-state index contributed by atoms with van der Waals surface area (Å²) in [6.45, 7) is 4.02. The van der Waals surface area contributed by atoms with Crippen LogP contribution in [-0.2, 0) is 28.2 Å². The third kappa shape index (κ3) is 7.97. The number of rotatable bonds is 8. The Morgan fingerprint density at radius 2 is 1.80 bits per heavy atom. The zero-order valence-electron chi connectivity index (χ0n) is 17.9. The van der Waals surface area contributed by atoms with E-state index >= 15 is 0 Å². The first-order valence-corrected chi connectivity index (χ1v) is 11.5. The number of nitrogens with zero attached hydrogens (tertiary/aromatic N) is 2. The Morgan fingerprint density at radius 3 is 2.43 bits per heavy atom. The summed E-state index contributed by atoms with van der Waals surface area (Å²) in [6.07, 6.45) is 24.5. The van der Waals surface area contributed by atoms with Crippen molar-refractivity contribution in [3.63, 3.8) is 0 Å². The fourth-order valence-corrected chi connectivity index (χ4v) is 4.59. The van der Waals surface area contributed by atoms with Gasteiger partial charge in [0, 0.05) is 24.4 Å². The van der Waals surface area contributed by atoms with E-state index in [1.165, 1.54) is 41.4 Å². The third-order valence-corrected chi connectivity index (χ3v) is 6.25. The Morgan fingerprint density at radius 1 is 1.10 bits per heavy atom. The van der Waals surface area contributed by atoms with Crippen molar-refractivity contribution in [1.82, 2.24) is 5.01 Å². The summed E-state index contributed by atoms with van der Waals surface area (Å²) in [5, 5.41) is 7.30. The zero-order chi connectivity index (χ0) is 20.3. The number of hydrazone groups is 1. The molecular formula is C25H32FeN2OS+2. The van der Waals surface area contributed by atoms with Crippen molar-refractivity contribution in [2.75, 3.05) is 20.3 Å². The minimum absolute atomic E-state index is 0. The molecule has 30 heavy (non-hydrogen) atoms. The van der Waals surface area contributed by atoms with Crippen LogP contribution in [0.2, 0.25) is 0 Å². The van der Waals surface area contributed by atoms with E-state index in [1.54, 1.807) is 7.11 Å². The van der Waals surface area contributed by atoms with Crippen molar-refractivity contribution in [3.8, 4) is 0 Å². The molecule has 2 heterocycles. The molecule has 0 spiro atoms. The van der Waals surface area contributed by atoms with Crippen molar-refractivity contribution in [3.05, 3.63) is 85.6 Å². The minimum atomic E-state index is 0. The predicted molar refractivity (Wildman–Crippen MR) is 123 cm³/mol. The average molecular weight is 464 g/mol. The molecule has 3 aliphatic rings. The van der Waals surface area contributed by atoms with Gasteiger partial charge in [-0.15, -0.1) is 11.3 Å². The SMILES string of the molecule is CCCCc1ccc(/C(=N/N2CCC[C@H]2COC)[C]2[CH][CH][CH][CH]2)s1.[CH]1[CH][CH][CH][CH]1.[Fe+2]. The normalized spacial score (nSPS) is 22.1. The second-order valence-corrected chi connectivity index (χ2v) is 8.54. The molecule has 4 rings (SSSR count). The maximum absolute atomic E-state index is 5.37. The smallest absolute Gasteiger partial charge is 0.382 e. The molecule has 1 aromatic heterocycles. The maximum Gasteiger partial charge on any atom is 2.00 e. The van der Waals surface area contributed by atoms with Gasteiger partial charge in [-0.1, -0.05) is 13.3 Å². The summed E-state index contributed by atoms with van der Waals surface area (Å²) in [6, 6.07) is 4.91. The van der Waals surface area contributed by atoms with Gasteiger partial charge in [0.2, 0.25) is 0 Å². The van der Waals surface area contributed by atoms with E-state index in [9.17, 15) is 0 Å². The first kappa shape index (κ1) is 25.9. The van der Waals surface area contributed by atoms with Crippen molar-refractivity contribution in [1.29, 1.82) is 0 Å². The van der Waals surface area contributed by atoms with Gasteiger partial charge in [-0.2, -0.15) is 5.10 Å². The summed E-state index contributed by atoms with van der Waals surface area (Å²) >= 11 is 1.89. The molecule has 1 aromatic rings. The summed E-state index contributed by atoms with van der Waals surface area (Å²) in [5.41, 5.74) is 1.11. The van der Waals surface area contributed by atoms with Crippen molar-refractivity contribution < 1.29 is 21.8 Å². The Hall–Kier alpha value is -0.351. The monoisotopic (exact) mass is 464 g/mol. The molecule has 1 saturated heterocycles. The van der Waals surface area contributed by atoms with Gasteiger partial charge in [-0.25, -0.2) is 0 Å². The fourth-order valence-electron chi connectivity index (χ4n) is 3.53. The van der Waals surface area contributed by atoms with Crippen LogP contribution in [-0.4, -0.2) is 37.0 Å². The van der Waals surface area contributed by atoms with Gasteiger partial charge in [-0.05, 0) is 95.6 Å². The van der Waals surface area contributed by atoms with Crippen LogP contribution in [0.5, 0.6) is 0 Å². The van der Waals surface area contributed by atoms with Gasteiger partial charge in [-0.3, -0.25) is 5.01 Å². The van der Waals surface area contributed by atoms with Crippen LogP contribution in [0.1, 0.15) is 42.4 Å². The molecule has 2 saturated carbocycles. The van der Waals surface area contributed by atoms with Gasteiger partial charge in [0.1, 0.15) is 0 Å². The molecular weight excluding hydrogens is 432 g/mol. The molecule has 0 unspecified atom stereocenters. The topological polar surface area (TPSA) is 24.8 Å². The summed E-state index contributed by atoms with van der Waals surface area (Å²) in [7, 11) is 1.78. The minimum Gasteiger partial charge on any atom is -0.382 e.